The molecule has 0 N–H and O–H groups in total. The predicted octanol–water partition coefficient (Wildman–Crippen LogP) is 4.57. The van der Waals surface area contributed by atoms with Gasteiger partial charge in [-0.3, -0.25) is 0 Å². The lowest BCUT2D eigenvalue weighted by molar-refractivity contribution is 0.552. The summed E-state index contributed by atoms with van der Waals surface area (Å²) < 4.78 is 0. The van der Waals surface area contributed by atoms with Crippen LogP contribution in [0.5, 0.6) is 0 Å². The van der Waals surface area contributed by atoms with Crippen LogP contribution in [0.3, 0.4) is 0 Å². The molecule has 3 heteroatoms. The fourth-order valence-electron chi connectivity index (χ4n) is 2.48. The van der Waals surface area contributed by atoms with Gasteiger partial charge in [-0.15, -0.1) is 0 Å². The van der Waals surface area contributed by atoms with Gasteiger partial charge in [0.25, 0.3) is 0 Å². The van der Waals surface area contributed by atoms with E-state index in [1.165, 1.54) is 0 Å². The third-order valence-electron chi connectivity index (χ3n) is 4.05. The third-order valence-corrected chi connectivity index (χ3v) is 4.05. The molecule has 0 aliphatic carbocycles. The number of hydrogen-bond acceptors (Lipinski definition) is 2. The molecule has 2 rings (SSSR count). The summed E-state index contributed by atoms with van der Waals surface area (Å²) in [6.07, 6.45) is 1.85. The van der Waals surface area contributed by atoms with E-state index < -0.39 is 0 Å². The normalized spacial score (nSPS) is 12.1. The smallest absolute Gasteiger partial charge is 0.0965 e. The summed E-state index contributed by atoms with van der Waals surface area (Å²) in [5.41, 5.74) is 5.22. The van der Waals surface area contributed by atoms with Gasteiger partial charge in [-0.25, -0.2) is 4.99 Å². The Morgan fingerprint density at radius 3 is 2.48 bits per heavy atom. The van der Waals surface area contributed by atoms with E-state index >= 15 is 0 Å². The summed E-state index contributed by atoms with van der Waals surface area (Å²) in [4.78, 5) is 6.59. The summed E-state index contributed by atoms with van der Waals surface area (Å²) in [7, 11) is 2.00. The lowest BCUT2D eigenvalue weighted by Crippen LogP contribution is -2.14. The van der Waals surface area contributed by atoms with Gasteiger partial charge >= 0.3 is 0 Å². The van der Waals surface area contributed by atoms with Crippen LogP contribution in [0.2, 0.25) is 0 Å². The highest BCUT2D eigenvalue weighted by Gasteiger charge is 2.16. The lowest BCUT2D eigenvalue weighted by Gasteiger charge is -2.15. The van der Waals surface area contributed by atoms with E-state index in [0.29, 0.717) is 0 Å². The molecule has 0 heterocycles. The average Bonchev–Trinajstić information content (AvgIpc) is 2.57. The summed E-state index contributed by atoms with van der Waals surface area (Å²) >= 11 is 0. The van der Waals surface area contributed by atoms with Crippen LogP contribution < -0.4 is 0 Å². The zero-order chi connectivity index (χ0) is 16.8. The van der Waals surface area contributed by atoms with Crippen LogP contribution in [0.15, 0.2) is 47.5 Å². The highest BCUT2D eigenvalue weighted by Crippen LogP contribution is 2.31. The van der Waals surface area contributed by atoms with E-state index in [0.717, 1.165) is 34.5 Å². The number of nitrogens with zero attached hydrogens (tertiary/aromatic N) is 3. The molecule has 0 saturated carbocycles. The zero-order valence-electron chi connectivity index (χ0n) is 14.2. The van der Waals surface area contributed by atoms with Crippen molar-refractivity contribution in [2.24, 2.45) is 4.99 Å². The van der Waals surface area contributed by atoms with E-state index in [1.54, 1.807) is 0 Å². The molecule has 0 spiro atoms. The minimum atomic E-state index is -0.244. The van der Waals surface area contributed by atoms with Gasteiger partial charge in [0.05, 0.1) is 24.0 Å². The first-order chi connectivity index (χ1) is 11.1. The number of benzene rings is 2. The fraction of sp³-hybridized carbons (Fsp3) is 0.300. The molecule has 2 aromatic carbocycles. The van der Waals surface area contributed by atoms with Crippen molar-refractivity contribution in [1.82, 2.24) is 4.90 Å². The van der Waals surface area contributed by atoms with E-state index in [2.05, 4.69) is 30.1 Å². The topological polar surface area (TPSA) is 39.4 Å². The molecule has 23 heavy (non-hydrogen) atoms. The highest BCUT2D eigenvalue weighted by atomic mass is 15.1. The number of hydrogen-bond donors (Lipinski definition) is 0. The van der Waals surface area contributed by atoms with Gasteiger partial charge in [0.15, 0.2) is 0 Å². The van der Waals surface area contributed by atoms with Gasteiger partial charge in [-0.2, -0.15) is 5.26 Å². The monoisotopic (exact) mass is 305 g/mol. The van der Waals surface area contributed by atoms with Crippen molar-refractivity contribution in [3.8, 4) is 6.07 Å². The molecule has 1 atom stereocenters. The summed E-state index contributed by atoms with van der Waals surface area (Å²) in [5.74, 6) is -0.244. The van der Waals surface area contributed by atoms with Crippen molar-refractivity contribution in [3.63, 3.8) is 0 Å². The van der Waals surface area contributed by atoms with Crippen LogP contribution in [-0.4, -0.2) is 24.8 Å². The maximum Gasteiger partial charge on any atom is 0.0965 e. The van der Waals surface area contributed by atoms with Crippen LogP contribution in [0.4, 0.5) is 5.69 Å². The first-order valence-corrected chi connectivity index (χ1v) is 7.87. The number of nitriles is 1. The standard InChI is InChI=1S/C20H23N3/c1-5-23(4)14-22-20-12-15(2)18(11-16(20)3)19(13-21)17-9-7-6-8-10-17/h6-12,14,19H,5H2,1-4H3. The molecule has 0 aromatic heterocycles. The molecule has 0 radical (unpaired) electrons. The SMILES string of the molecule is CCN(C)C=Nc1cc(C)c(C(C#N)c2ccccc2)cc1C. The van der Waals surface area contributed by atoms with E-state index in [4.69, 9.17) is 0 Å². The van der Waals surface area contributed by atoms with Gasteiger partial charge in [0, 0.05) is 13.6 Å². The second-order valence-corrected chi connectivity index (χ2v) is 5.79. The number of aliphatic imine (C=N–C) groups is 1. The lowest BCUT2D eigenvalue weighted by atomic mass is 9.88. The predicted molar refractivity (Wildman–Crippen MR) is 96.3 cm³/mol. The molecule has 0 aliphatic heterocycles. The Bertz CT molecular complexity index is 727. The van der Waals surface area contributed by atoms with E-state index in [-0.39, 0.29) is 5.92 Å². The van der Waals surface area contributed by atoms with Gasteiger partial charge in [-0.1, -0.05) is 36.4 Å². The maximum absolute atomic E-state index is 9.64. The van der Waals surface area contributed by atoms with E-state index in [9.17, 15) is 5.26 Å². The summed E-state index contributed by atoms with van der Waals surface area (Å²) in [6.45, 7) is 7.10. The minimum Gasteiger partial charge on any atom is -0.366 e. The van der Waals surface area contributed by atoms with Gasteiger partial charge < -0.3 is 4.90 Å². The Hall–Kier alpha value is -2.60. The Morgan fingerprint density at radius 1 is 1.17 bits per heavy atom. The number of aryl methyl sites for hydroxylation is 2. The largest absolute Gasteiger partial charge is 0.366 e. The quantitative estimate of drug-likeness (QED) is 0.599. The molecule has 118 valence electrons. The number of rotatable bonds is 5. The fourth-order valence-corrected chi connectivity index (χ4v) is 2.48. The van der Waals surface area contributed by atoms with Crippen molar-refractivity contribution < 1.29 is 0 Å². The Morgan fingerprint density at radius 2 is 1.87 bits per heavy atom. The van der Waals surface area contributed by atoms with Crippen molar-refractivity contribution in [1.29, 1.82) is 5.26 Å². The van der Waals surface area contributed by atoms with Crippen LogP contribution in [0.25, 0.3) is 0 Å². The first-order valence-electron chi connectivity index (χ1n) is 7.87. The van der Waals surface area contributed by atoms with Crippen molar-refractivity contribution in [2.75, 3.05) is 13.6 Å². The molecule has 0 aliphatic rings. The van der Waals surface area contributed by atoms with Crippen LogP contribution >= 0.6 is 0 Å². The Labute approximate surface area is 138 Å². The summed E-state index contributed by atoms with van der Waals surface area (Å²) in [5, 5.41) is 9.64. The molecule has 1 unspecified atom stereocenters. The molecular formula is C20H23N3. The van der Waals surface area contributed by atoms with Gasteiger partial charge in [0.2, 0.25) is 0 Å². The molecule has 0 saturated heterocycles. The molecule has 0 amide bonds. The molecule has 2 aromatic rings. The summed E-state index contributed by atoms with van der Waals surface area (Å²) in [6, 6.07) is 16.5. The van der Waals surface area contributed by atoms with Gasteiger partial charge in [0.1, 0.15) is 0 Å². The Balaban J connectivity index is 2.40. The van der Waals surface area contributed by atoms with Gasteiger partial charge in [-0.05, 0) is 49.1 Å². The van der Waals surface area contributed by atoms with Crippen molar-refractivity contribution in [2.45, 2.75) is 26.7 Å². The average molecular weight is 305 g/mol. The van der Waals surface area contributed by atoms with Crippen LogP contribution in [-0.2, 0) is 0 Å². The third kappa shape index (κ3) is 3.98. The molecule has 0 fully saturated rings. The second-order valence-electron chi connectivity index (χ2n) is 5.79. The van der Waals surface area contributed by atoms with Crippen molar-refractivity contribution >= 4 is 12.0 Å². The van der Waals surface area contributed by atoms with Crippen LogP contribution in [0.1, 0.15) is 35.1 Å². The molecular weight excluding hydrogens is 282 g/mol. The maximum atomic E-state index is 9.64. The first kappa shape index (κ1) is 16.8. The Kier molecular flexibility index (Phi) is 5.54. The zero-order valence-corrected chi connectivity index (χ0v) is 14.2. The van der Waals surface area contributed by atoms with Crippen molar-refractivity contribution in [3.05, 3.63) is 64.7 Å². The second kappa shape index (κ2) is 7.60. The minimum absolute atomic E-state index is 0.244. The van der Waals surface area contributed by atoms with Crippen LogP contribution in [0, 0.1) is 25.2 Å². The van der Waals surface area contributed by atoms with E-state index in [1.807, 2.05) is 62.5 Å². The highest BCUT2D eigenvalue weighted by molar-refractivity contribution is 5.64. The molecule has 0 bridgehead atoms. The molecule has 3 nitrogen and oxygen atoms in total.